The number of carbonyl (C=O) groups is 1. The highest BCUT2D eigenvalue weighted by Crippen LogP contribution is 2.41. The molecule has 1 aliphatic heterocycles. The van der Waals surface area contributed by atoms with E-state index < -0.39 is 29.9 Å². The second kappa shape index (κ2) is 8.69. The third-order valence-electron chi connectivity index (χ3n) is 5.76. The van der Waals surface area contributed by atoms with Gasteiger partial charge in [0.05, 0.1) is 25.4 Å². The molecule has 0 radical (unpaired) electrons. The van der Waals surface area contributed by atoms with Gasteiger partial charge in [-0.15, -0.1) is 0 Å². The number of ether oxygens (including phenoxy) is 1. The molecule has 1 aromatic rings. The molecule has 0 aromatic heterocycles. The zero-order chi connectivity index (χ0) is 20.2. The summed E-state index contributed by atoms with van der Waals surface area (Å²) in [7, 11) is 0. The van der Waals surface area contributed by atoms with Crippen LogP contribution in [-0.2, 0) is 4.74 Å². The van der Waals surface area contributed by atoms with Gasteiger partial charge in [-0.05, 0) is 18.4 Å². The van der Waals surface area contributed by atoms with Crippen LogP contribution in [0.15, 0.2) is 30.3 Å². The molecule has 5 nitrogen and oxygen atoms in total. The molecule has 2 unspecified atom stereocenters. The number of benzene rings is 1. The van der Waals surface area contributed by atoms with Gasteiger partial charge in [-0.25, -0.2) is 4.79 Å². The van der Waals surface area contributed by atoms with Gasteiger partial charge in [-0.1, -0.05) is 49.6 Å². The lowest BCUT2D eigenvalue weighted by atomic mass is 9.81. The minimum absolute atomic E-state index is 0.0934. The summed E-state index contributed by atoms with van der Waals surface area (Å²) in [6.07, 6.45) is -3.66. The van der Waals surface area contributed by atoms with Crippen molar-refractivity contribution in [3.05, 3.63) is 35.9 Å². The number of carbonyl (C=O) groups excluding carboxylic acids is 1. The lowest BCUT2D eigenvalue weighted by molar-refractivity contribution is -0.202. The van der Waals surface area contributed by atoms with Crippen molar-refractivity contribution in [1.82, 2.24) is 10.2 Å². The molecule has 156 valence electrons. The third kappa shape index (κ3) is 4.60. The molecule has 2 N–H and O–H groups in total. The van der Waals surface area contributed by atoms with Crippen LogP contribution in [0.2, 0.25) is 0 Å². The van der Waals surface area contributed by atoms with Gasteiger partial charge in [0, 0.05) is 13.0 Å². The Morgan fingerprint density at radius 2 is 1.93 bits per heavy atom. The molecule has 2 aliphatic rings. The predicted octanol–water partition coefficient (Wildman–Crippen LogP) is 3.79. The van der Waals surface area contributed by atoms with E-state index in [0.717, 1.165) is 6.42 Å². The van der Waals surface area contributed by atoms with Crippen molar-refractivity contribution in [3.8, 4) is 0 Å². The number of aliphatic hydroxyl groups excluding tert-OH is 1. The Bertz CT molecular complexity index is 648. The Balaban J connectivity index is 1.71. The van der Waals surface area contributed by atoms with Gasteiger partial charge in [0.2, 0.25) is 0 Å². The number of alkyl halides is 3. The van der Waals surface area contributed by atoms with Crippen LogP contribution in [-0.4, -0.2) is 53.6 Å². The first-order valence-corrected chi connectivity index (χ1v) is 9.79. The first-order chi connectivity index (χ1) is 13.3. The average molecular weight is 400 g/mol. The van der Waals surface area contributed by atoms with Gasteiger partial charge in [-0.2, -0.15) is 13.2 Å². The Hall–Kier alpha value is -1.80. The molecular formula is C20H27F3N2O3. The fraction of sp³-hybridized carbons (Fsp3) is 0.650. The maximum Gasteiger partial charge on any atom is 0.411 e. The zero-order valence-electron chi connectivity index (χ0n) is 15.8. The Labute approximate surface area is 162 Å². The summed E-state index contributed by atoms with van der Waals surface area (Å²) < 4.78 is 46.7. The van der Waals surface area contributed by atoms with E-state index in [0.29, 0.717) is 18.4 Å². The molecule has 28 heavy (non-hydrogen) atoms. The molecule has 2 amide bonds. The number of nitrogens with one attached hydrogen (secondary N) is 1. The van der Waals surface area contributed by atoms with Gasteiger partial charge >= 0.3 is 12.2 Å². The number of rotatable bonds is 4. The summed E-state index contributed by atoms with van der Waals surface area (Å²) in [6.45, 7) is 0.659. The highest BCUT2D eigenvalue weighted by atomic mass is 19.4. The molecule has 1 aromatic carbocycles. The maximum absolute atomic E-state index is 13.8. The van der Waals surface area contributed by atoms with Crippen LogP contribution in [0.4, 0.5) is 18.0 Å². The maximum atomic E-state index is 13.8. The van der Waals surface area contributed by atoms with E-state index in [-0.39, 0.29) is 39.0 Å². The Morgan fingerprint density at radius 1 is 1.25 bits per heavy atom. The molecule has 2 fully saturated rings. The molecule has 0 spiro atoms. The number of halogens is 3. The molecule has 1 heterocycles. The summed E-state index contributed by atoms with van der Waals surface area (Å²) in [5.41, 5.74) is -1.46. The van der Waals surface area contributed by atoms with Crippen LogP contribution in [0.5, 0.6) is 0 Å². The standard InChI is InChI=1S/C20H27F3N2O3/c21-20(22,23)19(9-5-2-6-10-19)24-18(27)25-11-12-28-14-16(25)13-17(26)15-7-3-1-4-8-15/h1,3-4,7-8,16-17,26H,2,5-6,9-14H2,(H,24,27). The number of hydrogen-bond donors (Lipinski definition) is 2. The van der Waals surface area contributed by atoms with Crippen molar-refractivity contribution >= 4 is 6.03 Å². The highest BCUT2D eigenvalue weighted by molar-refractivity contribution is 5.75. The van der Waals surface area contributed by atoms with Crippen LogP contribution in [0, 0.1) is 0 Å². The number of aliphatic hydroxyl groups is 1. The van der Waals surface area contributed by atoms with Crippen molar-refractivity contribution in [2.45, 2.75) is 62.4 Å². The highest BCUT2D eigenvalue weighted by Gasteiger charge is 2.56. The van der Waals surface area contributed by atoms with Crippen LogP contribution in [0.1, 0.15) is 50.2 Å². The summed E-state index contributed by atoms with van der Waals surface area (Å²) in [6, 6.07) is 7.78. The van der Waals surface area contributed by atoms with Gasteiger partial charge in [-0.3, -0.25) is 0 Å². The van der Waals surface area contributed by atoms with Crippen molar-refractivity contribution in [2.24, 2.45) is 0 Å². The third-order valence-corrected chi connectivity index (χ3v) is 5.76. The summed E-state index contributed by atoms with van der Waals surface area (Å²) in [4.78, 5) is 14.2. The lowest BCUT2D eigenvalue weighted by Crippen LogP contribution is -2.64. The van der Waals surface area contributed by atoms with Crippen molar-refractivity contribution in [3.63, 3.8) is 0 Å². The first-order valence-electron chi connectivity index (χ1n) is 9.79. The SMILES string of the molecule is O=C(NC1(C(F)(F)F)CCCCC1)N1CCOCC1CC(O)c1ccccc1. The topological polar surface area (TPSA) is 61.8 Å². The van der Waals surface area contributed by atoms with Crippen LogP contribution < -0.4 is 5.32 Å². The van der Waals surface area contributed by atoms with E-state index in [1.807, 2.05) is 6.07 Å². The van der Waals surface area contributed by atoms with Gasteiger partial charge in [0.1, 0.15) is 5.54 Å². The van der Waals surface area contributed by atoms with Gasteiger partial charge in [0.25, 0.3) is 0 Å². The second-order valence-electron chi connectivity index (χ2n) is 7.65. The Morgan fingerprint density at radius 3 is 2.57 bits per heavy atom. The first kappa shape index (κ1) is 20.9. The molecule has 1 aliphatic carbocycles. The summed E-state index contributed by atoms with van der Waals surface area (Å²) in [5, 5.41) is 12.8. The smallest absolute Gasteiger partial charge is 0.388 e. The molecule has 2 atom stereocenters. The number of amides is 2. The number of urea groups is 1. The van der Waals surface area contributed by atoms with E-state index in [4.69, 9.17) is 4.74 Å². The summed E-state index contributed by atoms with van der Waals surface area (Å²) in [5.74, 6) is 0. The molecular weight excluding hydrogens is 373 g/mol. The van der Waals surface area contributed by atoms with Crippen molar-refractivity contribution < 1.29 is 27.8 Å². The van der Waals surface area contributed by atoms with Gasteiger partial charge < -0.3 is 20.1 Å². The number of morpholine rings is 1. The fourth-order valence-corrected chi connectivity index (χ4v) is 4.10. The number of hydrogen-bond acceptors (Lipinski definition) is 3. The van der Waals surface area contributed by atoms with E-state index in [1.54, 1.807) is 24.3 Å². The van der Waals surface area contributed by atoms with Crippen LogP contribution in [0.25, 0.3) is 0 Å². The largest absolute Gasteiger partial charge is 0.411 e. The lowest BCUT2D eigenvalue weighted by Gasteiger charge is -2.43. The predicted molar refractivity (Wildman–Crippen MR) is 97.7 cm³/mol. The average Bonchev–Trinajstić information content (AvgIpc) is 2.69. The van der Waals surface area contributed by atoms with Crippen molar-refractivity contribution in [1.29, 1.82) is 0 Å². The number of nitrogens with zero attached hydrogens (tertiary/aromatic N) is 1. The van der Waals surface area contributed by atoms with E-state index in [9.17, 15) is 23.1 Å². The summed E-state index contributed by atoms with van der Waals surface area (Å²) >= 11 is 0. The van der Waals surface area contributed by atoms with E-state index in [1.165, 1.54) is 4.90 Å². The monoisotopic (exact) mass is 400 g/mol. The molecule has 3 rings (SSSR count). The van der Waals surface area contributed by atoms with E-state index >= 15 is 0 Å². The minimum Gasteiger partial charge on any atom is -0.388 e. The van der Waals surface area contributed by atoms with Crippen molar-refractivity contribution in [2.75, 3.05) is 19.8 Å². The van der Waals surface area contributed by atoms with Gasteiger partial charge in [0.15, 0.2) is 0 Å². The minimum atomic E-state index is -4.49. The normalized spacial score (nSPS) is 23.9. The molecule has 1 saturated carbocycles. The molecule has 0 bridgehead atoms. The molecule has 8 heteroatoms. The van der Waals surface area contributed by atoms with Crippen LogP contribution in [0.3, 0.4) is 0 Å². The quantitative estimate of drug-likeness (QED) is 0.809. The molecule has 1 saturated heterocycles. The van der Waals surface area contributed by atoms with Crippen LogP contribution >= 0.6 is 0 Å². The second-order valence-corrected chi connectivity index (χ2v) is 7.65. The van der Waals surface area contributed by atoms with E-state index in [2.05, 4.69) is 5.32 Å². The zero-order valence-corrected chi connectivity index (χ0v) is 15.8. The fourth-order valence-electron chi connectivity index (χ4n) is 4.10. The Kier molecular flexibility index (Phi) is 6.50.